The van der Waals surface area contributed by atoms with Crippen LogP contribution in [0.5, 0.6) is 0 Å². The molecular formula is C21H21NO3S. The number of benzene rings is 2. The van der Waals surface area contributed by atoms with Crippen LogP contribution in [0.3, 0.4) is 0 Å². The van der Waals surface area contributed by atoms with Gasteiger partial charge >= 0.3 is 0 Å². The topological polar surface area (TPSA) is 56.1 Å². The normalized spacial score (nSPS) is 11.5. The fourth-order valence-corrected chi connectivity index (χ4v) is 4.45. The lowest BCUT2D eigenvalue weighted by molar-refractivity contribution is -0.116. The molecule has 0 amide bonds. The number of rotatable bonds is 5. The Balaban J connectivity index is 2.21. The second kappa shape index (κ2) is 6.92. The second-order valence-corrected chi connectivity index (χ2v) is 8.28. The van der Waals surface area contributed by atoms with E-state index in [2.05, 4.69) is 0 Å². The third kappa shape index (κ3) is 3.35. The third-order valence-corrected chi connectivity index (χ3v) is 6.19. The van der Waals surface area contributed by atoms with Crippen molar-refractivity contribution in [3.63, 3.8) is 0 Å². The number of carbonyl (C=O) groups excluding carboxylic acids is 1. The maximum absolute atomic E-state index is 13.1. The van der Waals surface area contributed by atoms with Crippen molar-refractivity contribution >= 4 is 15.8 Å². The summed E-state index contributed by atoms with van der Waals surface area (Å²) in [4.78, 5) is 12.0. The van der Waals surface area contributed by atoms with Crippen molar-refractivity contribution < 1.29 is 13.2 Å². The largest absolute Gasteiger partial charge is 0.300 e. The smallest absolute Gasteiger partial charge is 0.267 e. The molecule has 2 aromatic carbocycles. The van der Waals surface area contributed by atoms with Gasteiger partial charge in [0.25, 0.3) is 10.0 Å². The first-order valence-electron chi connectivity index (χ1n) is 8.38. The zero-order chi connectivity index (χ0) is 18.9. The Kier molecular flexibility index (Phi) is 4.83. The highest BCUT2D eigenvalue weighted by molar-refractivity contribution is 7.90. The summed E-state index contributed by atoms with van der Waals surface area (Å²) in [6.07, 6.45) is 1.82. The Bertz CT molecular complexity index is 1050. The number of ketones is 1. The van der Waals surface area contributed by atoms with Crippen LogP contribution in [-0.2, 0) is 21.2 Å². The third-order valence-electron chi connectivity index (χ3n) is 4.43. The zero-order valence-corrected chi connectivity index (χ0v) is 15.9. The molecule has 0 saturated carbocycles. The average molecular weight is 367 g/mol. The summed E-state index contributed by atoms with van der Waals surface area (Å²) in [5.41, 5.74) is 3.98. The first-order valence-corrected chi connectivity index (χ1v) is 9.82. The van der Waals surface area contributed by atoms with Crippen LogP contribution in [0, 0.1) is 13.8 Å². The van der Waals surface area contributed by atoms with E-state index in [-0.39, 0.29) is 17.1 Å². The van der Waals surface area contributed by atoms with Crippen LogP contribution in [0.2, 0.25) is 0 Å². The van der Waals surface area contributed by atoms with Crippen LogP contribution >= 0.6 is 0 Å². The van der Waals surface area contributed by atoms with E-state index >= 15 is 0 Å². The van der Waals surface area contributed by atoms with Crippen LogP contribution in [0.1, 0.15) is 23.7 Å². The Morgan fingerprint density at radius 2 is 1.58 bits per heavy atom. The van der Waals surface area contributed by atoms with Gasteiger partial charge in [-0.2, -0.15) is 0 Å². The summed E-state index contributed by atoms with van der Waals surface area (Å²) >= 11 is 0. The fourth-order valence-electron chi connectivity index (χ4n) is 3.03. The predicted octanol–water partition coefficient (Wildman–Crippen LogP) is 4.14. The lowest BCUT2D eigenvalue weighted by atomic mass is 9.99. The van der Waals surface area contributed by atoms with E-state index in [1.54, 1.807) is 37.4 Å². The van der Waals surface area contributed by atoms with Crippen LogP contribution in [-0.4, -0.2) is 18.2 Å². The lowest BCUT2D eigenvalue weighted by Crippen LogP contribution is -2.14. The van der Waals surface area contributed by atoms with Gasteiger partial charge in [0.15, 0.2) is 0 Å². The lowest BCUT2D eigenvalue weighted by Gasteiger charge is -2.09. The van der Waals surface area contributed by atoms with E-state index in [1.807, 2.05) is 37.3 Å². The van der Waals surface area contributed by atoms with Gasteiger partial charge < -0.3 is 0 Å². The monoisotopic (exact) mass is 367 g/mol. The minimum Gasteiger partial charge on any atom is -0.300 e. The van der Waals surface area contributed by atoms with E-state index in [9.17, 15) is 13.2 Å². The van der Waals surface area contributed by atoms with Crippen LogP contribution < -0.4 is 0 Å². The highest BCUT2D eigenvalue weighted by atomic mass is 32.2. The molecule has 0 radical (unpaired) electrons. The highest BCUT2D eigenvalue weighted by Crippen LogP contribution is 2.31. The van der Waals surface area contributed by atoms with Gasteiger partial charge in [-0.1, -0.05) is 48.0 Å². The molecule has 4 nitrogen and oxygen atoms in total. The van der Waals surface area contributed by atoms with Crippen LogP contribution in [0.25, 0.3) is 11.1 Å². The molecule has 0 spiro atoms. The molecule has 0 atom stereocenters. The number of hydrogen-bond donors (Lipinski definition) is 0. The Hall–Kier alpha value is -2.66. The van der Waals surface area contributed by atoms with Crippen molar-refractivity contribution in [2.75, 3.05) is 0 Å². The molecule has 134 valence electrons. The molecule has 3 rings (SSSR count). The fraction of sp³-hybridized carbons (Fsp3) is 0.190. The Morgan fingerprint density at radius 1 is 0.962 bits per heavy atom. The summed E-state index contributed by atoms with van der Waals surface area (Å²) in [6.45, 7) is 5.17. The van der Waals surface area contributed by atoms with Gasteiger partial charge in [0.2, 0.25) is 0 Å². The summed E-state index contributed by atoms with van der Waals surface area (Å²) in [5.74, 6) is -0.00392. The van der Waals surface area contributed by atoms with Gasteiger partial charge in [0.1, 0.15) is 5.78 Å². The van der Waals surface area contributed by atoms with Gasteiger partial charge in [-0.05, 0) is 44.0 Å². The molecule has 0 aliphatic rings. The summed E-state index contributed by atoms with van der Waals surface area (Å²) < 4.78 is 27.5. The van der Waals surface area contributed by atoms with Crippen molar-refractivity contribution in [1.82, 2.24) is 3.97 Å². The van der Waals surface area contributed by atoms with Gasteiger partial charge in [-0.25, -0.2) is 12.4 Å². The predicted molar refractivity (Wildman–Crippen MR) is 103 cm³/mol. The maximum Gasteiger partial charge on any atom is 0.267 e. The molecule has 0 aliphatic heterocycles. The van der Waals surface area contributed by atoms with Crippen LogP contribution in [0.4, 0.5) is 0 Å². The van der Waals surface area contributed by atoms with Gasteiger partial charge in [-0.15, -0.1) is 0 Å². The summed E-state index contributed by atoms with van der Waals surface area (Å²) in [5, 5.41) is 0. The minimum absolute atomic E-state index is 0.00392. The standard InChI is InChI=1S/C21H21NO3S/c1-15-9-11-19(12-10-15)26(24,25)22-14-21(18-7-5-4-6-8-18)20(17(22)3)13-16(2)23/h4-12,14H,13H2,1-3H3. The van der Waals surface area contributed by atoms with Crippen LogP contribution in [0.15, 0.2) is 65.7 Å². The number of Topliss-reactive ketones (excluding diaryl/α,β-unsaturated/α-hetero) is 1. The van der Waals surface area contributed by atoms with E-state index in [0.717, 1.165) is 22.3 Å². The molecule has 1 heterocycles. The van der Waals surface area contributed by atoms with Crippen molar-refractivity contribution in [3.8, 4) is 11.1 Å². The highest BCUT2D eigenvalue weighted by Gasteiger charge is 2.24. The number of aromatic nitrogens is 1. The van der Waals surface area contributed by atoms with Crippen molar-refractivity contribution in [3.05, 3.63) is 77.6 Å². The Labute approximate surface area is 154 Å². The SMILES string of the molecule is CC(=O)Cc1c(-c2ccccc2)cn(S(=O)(=O)c2ccc(C)cc2)c1C. The van der Waals surface area contributed by atoms with E-state index in [1.165, 1.54) is 10.9 Å². The van der Waals surface area contributed by atoms with Gasteiger partial charge in [-0.3, -0.25) is 4.79 Å². The maximum atomic E-state index is 13.1. The molecule has 0 saturated heterocycles. The second-order valence-electron chi connectivity index (χ2n) is 6.47. The number of nitrogens with zero attached hydrogens (tertiary/aromatic N) is 1. The average Bonchev–Trinajstić information content (AvgIpc) is 2.93. The van der Waals surface area contributed by atoms with Crippen molar-refractivity contribution in [2.45, 2.75) is 32.1 Å². The number of carbonyl (C=O) groups is 1. The first kappa shape index (κ1) is 18.1. The molecule has 5 heteroatoms. The number of hydrogen-bond acceptors (Lipinski definition) is 3. The molecular weight excluding hydrogens is 346 g/mol. The number of aryl methyl sites for hydroxylation is 1. The quantitative estimate of drug-likeness (QED) is 0.681. The summed E-state index contributed by atoms with van der Waals surface area (Å²) in [6, 6.07) is 16.3. The zero-order valence-electron chi connectivity index (χ0n) is 15.1. The molecule has 0 fully saturated rings. The minimum atomic E-state index is -3.73. The van der Waals surface area contributed by atoms with E-state index < -0.39 is 10.0 Å². The molecule has 0 unspecified atom stereocenters. The van der Waals surface area contributed by atoms with Crippen molar-refractivity contribution in [2.24, 2.45) is 0 Å². The van der Waals surface area contributed by atoms with Gasteiger partial charge in [0, 0.05) is 23.9 Å². The van der Waals surface area contributed by atoms with E-state index in [4.69, 9.17) is 0 Å². The Morgan fingerprint density at radius 3 is 2.15 bits per heavy atom. The van der Waals surface area contributed by atoms with Crippen molar-refractivity contribution in [1.29, 1.82) is 0 Å². The van der Waals surface area contributed by atoms with Gasteiger partial charge in [0.05, 0.1) is 4.90 Å². The molecule has 0 N–H and O–H groups in total. The molecule has 1 aromatic heterocycles. The van der Waals surface area contributed by atoms with E-state index in [0.29, 0.717) is 5.69 Å². The molecule has 3 aromatic rings. The summed E-state index contributed by atoms with van der Waals surface area (Å²) in [7, 11) is -3.73. The molecule has 0 aliphatic carbocycles. The first-order chi connectivity index (χ1) is 12.3. The molecule has 0 bridgehead atoms. The molecule has 26 heavy (non-hydrogen) atoms.